The number of primary amides is 1. The lowest BCUT2D eigenvalue weighted by molar-refractivity contribution is 0.100. The highest BCUT2D eigenvalue weighted by atomic mass is 16.1. The van der Waals surface area contributed by atoms with E-state index in [9.17, 15) is 4.79 Å². The van der Waals surface area contributed by atoms with Gasteiger partial charge in [0.05, 0.1) is 11.3 Å². The Morgan fingerprint density at radius 3 is 2.75 bits per heavy atom. The fourth-order valence-corrected chi connectivity index (χ4v) is 3.29. The predicted molar refractivity (Wildman–Crippen MR) is 111 cm³/mol. The zero-order chi connectivity index (χ0) is 19.3. The second kappa shape index (κ2) is 8.06. The molecule has 28 heavy (non-hydrogen) atoms. The van der Waals surface area contributed by atoms with E-state index >= 15 is 0 Å². The molecular weight excluding hydrogens is 352 g/mol. The molecular formula is C21H22N6O. The van der Waals surface area contributed by atoms with Gasteiger partial charge in [0.15, 0.2) is 0 Å². The number of nitrogens with two attached hydrogens (primary N) is 1. The number of hydrogen-bond donors (Lipinski definition) is 3. The van der Waals surface area contributed by atoms with Gasteiger partial charge in [-0.3, -0.25) is 14.8 Å². The van der Waals surface area contributed by atoms with Gasteiger partial charge in [0.25, 0.3) is 5.91 Å². The Morgan fingerprint density at radius 1 is 1.14 bits per heavy atom. The molecule has 7 heteroatoms. The molecule has 1 amide bonds. The molecule has 1 aliphatic heterocycles. The summed E-state index contributed by atoms with van der Waals surface area (Å²) in [7, 11) is 0. The maximum atomic E-state index is 12.0. The summed E-state index contributed by atoms with van der Waals surface area (Å²) in [5.74, 6) is 0.357. The molecule has 0 unspecified atom stereocenters. The lowest BCUT2D eigenvalue weighted by atomic mass is 10.1. The molecule has 4 heterocycles. The Bertz CT molecular complexity index is 989. The van der Waals surface area contributed by atoms with Gasteiger partial charge in [-0.2, -0.15) is 0 Å². The number of nitrogens with one attached hydrogen (secondary N) is 2. The van der Waals surface area contributed by atoms with Gasteiger partial charge in [-0.15, -0.1) is 0 Å². The number of carbonyl (C=O) groups excluding carboxylic acids is 1. The molecule has 4 N–H and O–H groups in total. The fourth-order valence-electron chi connectivity index (χ4n) is 3.29. The molecule has 4 rings (SSSR count). The first-order chi connectivity index (χ1) is 13.7. The van der Waals surface area contributed by atoms with Gasteiger partial charge >= 0.3 is 0 Å². The molecule has 0 aromatic carbocycles. The molecule has 3 aromatic heterocycles. The van der Waals surface area contributed by atoms with Crippen molar-refractivity contribution in [2.75, 3.05) is 31.1 Å². The summed E-state index contributed by atoms with van der Waals surface area (Å²) in [5.41, 5.74) is 9.76. The minimum atomic E-state index is -0.429. The lowest BCUT2D eigenvalue weighted by Crippen LogP contribution is -2.44. The number of carbonyl (C=O) groups is 1. The van der Waals surface area contributed by atoms with E-state index in [-0.39, 0.29) is 0 Å². The first-order valence-corrected chi connectivity index (χ1v) is 9.24. The number of anilines is 1. The van der Waals surface area contributed by atoms with Crippen molar-refractivity contribution in [2.24, 2.45) is 5.73 Å². The zero-order valence-corrected chi connectivity index (χ0v) is 15.4. The number of piperazine rings is 1. The minimum absolute atomic E-state index is 0.429. The average molecular weight is 374 g/mol. The topological polar surface area (TPSA) is 99.9 Å². The molecule has 1 aliphatic rings. The van der Waals surface area contributed by atoms with Crippen LogP contribution in [-0.4, -0.2) is 47.0 Å². The Balaban J connectivity index is 1.64. The molecule has 0 radical (unpaired) electrons. The highest BCUT2D eigenvalue weighted by molar-refractivity contribution is 5.99. The minimum Gasteiger partial charge on any atom is -0.365 e. The van der Waals surface area contributed by atoms with Crippen LogP contribution in [0.3, 0.4) is 0 Å². The summed E-state index contributed by atoms with van der Waals surface area (Å²) in [6, 6.07) is 9.59. The van der Waals surface area contributed by atoms with Crippen molar-refractivity contribution in [3.05, 3.63) is 65.7 Å². The van der Waals surface area contributed by atoms with Crippen molar-refractivity contribution in [1.29, 1.82) is 0 Å². The normalized spacial score (nSPS) is 14.5. The van der Waals surface area contributed by atoms with Gasteiger partial charge in [0.1, 0.15) is 5.82 Å². The molecule has 7 nitrogen and oxygen atoms in total. The summed E-state index contributed by atoms with van der Waals surface area (Å²) >= 11 is 0. The van der Waals surface area contributed by atoms with Crippen LogP contribution < -0.4 is 16.0 Å². The van der Waals surface area contributed by atoms with E-state index in [4.69, 9.17) is 5.73 Å². The van der Waals surface area contributed by atoms with Crippen molar-refractivity contribution in [2.45, 2.75) is 0 Å². The lowest BCUT2D eigenvalue weighted by Gasteiger charge is -2.28. The van der Waals surface area contributed by atoms with E-state index in [2.05, 4.69) is 25.2 Å². The van der Waals surface area contributed by atoms with Crippen molar-refractivity contribution in [3.63, 3.8) is 0 Å². The zero-order valence-electron chi connectivity index (χ0n) is 15.4. The van der Waals surface area contributed by atoms with E-state index < -0.39 is 5.91 Å². The molecule has 3 aromatic rings. The summed E-state index contributed by atoms with van der Waals surface area (Å²) in [6.45, 7) is 3.42. The van der Waals surface area contributed by atoms with Gasteiger partial charge in [-0.25, -0.2) is 0 Å². The van der Waals surface area contributed by atoms with Gasteiger partial charge < -0.3 is 20.9 Å². The van der Waals surface area contributed by atoms with Crippen LogP contribution in [0, 0.1) is 0 Å². The number of rotatable bonds is 5. The number of aromatic amines is 1. The Morgan fingerprint density at radius 2 is 2.00 bits per heavy atom. The Labute approximate surface area is 163 Å². The number of hydrogen-bond acceptors (Lipinski definition) is 5. The predicted octanol–water partition coefficient (Wildman–Crippen LogP) is 2.15. The van der Waals surface area contributed by atoms with Crippen molar-refractivity contribution < 1.29 is 4.79 Å². The third-order valence-electron chi connectivity index (χ3n) is 4.72. The summed E-state index contributed by atoms with van der Waals surface area (Å²) in [5, 5.41) is 3.31. The second-order valence-corrected chi connectivity index (χ2v) is 6.64. The third kappa shape index (κ3) is 3.94. The van der Waals surface area contributed by atoms with Crippen LogP contribution in [0.2, 0.25) is 0 Å². The quantitative estimate of drug-likeness (QED) is 0.635. The van der Waals surface area contributed by atoms with Gasteiger partial charge in [-0.05, 0) is 35.9 Å². The van der Waals surface area contributed by atoms with Crippen LogP contribution in [0.25, 0.3) is 23.4 Å². The van der Waals surface area contributed by atoms with Crippen LogP contribution in [-0.2, 0) is 0 Å². The van der Waals surface area contributed by atoms with Gasteiger partial charge in [-0.1, -0.05) is 12.1 Å². The van der Waals surface area contributed by atoms with Crippen LogP contribution in [0.5, 0.6) is 0 Å². The van der Waals surface area contributed by atoms with Crippen LogP contribution >= 0.6 is 0 Å². The van der Waals surface area contributed by atoms with E-state index in [1.165, 1.54) is 0 Å². The highest BCUT2D eigenvalue weighted by Gasteiger charge is 2.20. The van der Waals surface area contributed by atoms with Crippen LogP contribution in [0.1, 0.15) is 21.6 Å². The second-order valence-electron chi connectivity index (χ2n) is 6.64. The molecule has 0 saturated carbocycles. The fraction of sp³-hybridized carbons (Fsp3) is 0.190. The van der Waals surface area contributed by atoms with Crippen molar-refractivity contribution in [1.82, 2.24) is 20.3 Å². The standard InChI is InChI=1S/C21H22N6O/c22-20(28)18-13-19(26-21(18)27-10-8-23-9-11-27)16-5-7-25-17(12-16)4-3-15-2-1-6-24-14-15/h1-7,12-14,23,26H,8-11H2,(H2,22,28). The van der Waals surface area contributed by atoms with Gasteiger partial charge in [0.2, 0.25) is 0 Å². The molecule has 0 atom stereocenters. The number of aromatic nitrogens is 3. The van der Waals surface area contributed by atoms with Crippen LogP contribution in [0.4, 0.5) is 5.82 Å². The average Bonchev–Trinajstić information content (AvgIpc) is 3.20. The van der Waals surface area contributed by atoms with Gasteiger partial charge in [0, 0.05) is 56.0 Å². The first kappa shape index (κ1) is 17.9. The Kier molecular flexibility index (Phi) is 5.16. The molecule has 0 spiro atoms. The maximum absolute atomic E-state index is 12.0. The molecule has 0 aliphatic carbocycles. The highest BCUT2D eigenvalue weighted by Crippen LogP contribution is 2.28. The van der Waals surface area contributed by atoms with Crippen molar-refractivity contribution >= 4 is 23.9 Å². The smallest absolute Gasteiger partial charge is 0.252 e. The van der Waals surface area contributed by atoms with E-state index in [0.717, 1.165) is 54.5 Å². The summed E-state index contributed by atoms with van der Waals surface area (Å²) in [6.07, 6.45) is 9.20. The first-order valence-electron chi connectivity index (χ1n) is 9.24. The summed E-state index contributed by atoms with van der Waals surface area (Å²) in [4.78, 5) is 26.0. The van der Waals surface area contributed by atoms with Crippen molar-refractivity contribution in [3.8, 4) is 11.3 Å². The largest absolute Gasteiger partial charge is 0.365 e. The summed E-state index contributed by atoms with van der Waals surface area (Å²) < 4.78 is 0. The molecule has 1 saturated heterocycles. The number of H-pyrrole nitrogens is 1. The van der Waals surface area contributed by atoms with Crippen LogP contribution in [0.15, 0.2) is 48.9 Å². The number of nitrogens with zero attached hydrogens (tertiary/aromatic N) is 3. The molecule has 0 bridgehead atoms. The monoisotopic (exact) mass is 374 g/mol. The van der Waals surface area contributed by atoms with E-state index in [1.54, 1.807) is 18.6 Å². The number of pyridine rings is 2. The Hall–Kier alpha value is -3.45. The van der Waals surface area contributed by atoms with E-state index in [0.29, 0.717) is 5.56 Å². The third-order valence-corrected chi connectivity index (χ3v) is 4.72. The molecule has 1 fully saturated rings. The van der Waals surface area contributed by atoms with E-state index in [1.807, 2.05) is 42.5 Å². The SMILES string of the molecule is NC(=O)c1cc(-c2ccnc(C=Cc3cccnc3)c2)[nH]c1N1CCNCC1. The maximum Gasteiger partial charge on any atom is 0.252 e. The molecule has 142 valence electrons. The number of amides is 1.